The van der Waals surface area contributed by atoms with Crippen molar-refractivity contribution in [3.8, 4) is 11.1 Å². The molecule has 82 valence electrons. The van der Waals surface area contributed by atoms with E-state index in [0.29, 0.717) is 0 Å². The first-order valence-corrected chi connectivity index (χ1v) is 5.34. The lowest BCUT2D eigenvalue weighted by molar-refractivity contribution is 0.282. The molecule has 1 aromatic carbocycles. The Kier molecular flexibility index (Phi) is 3.02. The average molecular weight is 213 g/mol. The standard InChI is InChI=1S/C14H15NO/c1-10-3-5-12(9-16)7-14(10)13-6-4-11(2)15-8-13/h3-8,16H,9H2,1-2H3. The number of nitrogens with zero attached hydrogens (tertiary/aromatic N) is 1. The van der Waals surface area contributed by atoms with Crippen molar-refractivity contribution in [2.75, 3.05) is 0 Å². The quantitative estimate of drug-likeness (QED) is 0.832. The Balaban J connectivity index is 2.50. The first kappa shape index (κ1) is 10.8. The van der Waals surface area contributed by atoms with Gasteiger partial charge in [0.1, 0.15) is 0 Å². The maximum absolute atomic E-state index is 9.13. The van der Waals surface area contributed by atoms with Crippen LogP contribution in [0.15, 0.2) is 36.5 Å². The van der Waals surface area contributed by atoms with Gasteiger partial charge in [-0.3, -0.25) is 4.98 Å². The predicted molar refractivity (Wildman–Crippen MR) is 65.1 cm³/mol. The largest absolute Gasteiger partial charge is 0.392 e. The van der Waals surface area contributed by atoms with E-state index in [9.17, 15) is 0 Å². The van der Waals surface area contributed by atoms with Crippen LogP contribution in [-0.4, -0.2) is 10.1 Å². The molecule has 0 spiro atoms. The second kappa shape index (κ2) is 4.45. The van der Waals surface area contributed by atoms with Crippen LogP contribution in [0, 0.1) is 13.8 Å². The lowest BCUT2D eigenvalue weighted by atomic mass is 9.99. The van der Waals surface area contributed by atoms with Crippen molar-refractivity contribution in [3.05, 3.63) is 53.3 Å². The minimum atomic E-state index is 0.0760. The summed E-state index contributed by atoms with van der Waals surface area (Å²) >= 11 is 0. The number of aryl methyl sites for hydroxylation is 2. The Hall–Kier alpha value is -1.67. The zero-order valence-corrected chi connectivity index (χ0v) is 9.57. The Morgan fingerprint density at radius 1 is 1.12 bits per heavy atom. The van der Waals surface area contributed by atoms with Gasteiger partial charge in [-0.25, -0.2) is 0 Å². The van der Waals surface area contributed by atoms with Gasteiger partial charge in [0.15, 0.2) is 0 Å². The van der Waals surface area contributed by atoms with Crippen molar-refractivity contribution >= 4 is 0 Å². The molecule has 0 aliphatic rings. The summed E-state index contributed by atoms with van der Waals surface area (Å²) in [5, 5.41) is 9.13. The Labute approximate surface area is 95.6 Å². The van der Waals surface area contributed by atoms with E-state index in [1.54, 1.807) is 0 Å². The molecule has 2 nitrogen and oxygen atoms in total. The van der Waals surface area contributed by atoms with Crippen LogP contribution in [0.25, 0.3) is 11.1 Å². The summed E-state index contributed by atoms with van der Waals surface area (Å²) in [6.45, 7) is 4.11. The zero-order valence-electron chi connectivity index (χ0n) is 9.57. The monoisotopic (exact) mass is 213 g/mol. The maximum atomic E-state index is 9.13. The lowest BCUT2D eigenvalue weighted by Gasteiger charge is -2.08. The predicted octanol–water partition coefficient (Wildman–Crippen LogP) is 2.86. The van der Waals surface area contributed by atoms with Crippen LogP contribution in [0.4, 0.5) is 0 Å². The Morgan fingerprint density at radius 3 is 2.56 bits per heavy atom. The molecule has 16 heavy (non-hydrogen) atoms. The van der Waals surface area contributed by atoms with Crippen molar-refractivity contribution in [2.45, 2.75) is 20.5 Å². The fourth-order valence-electron chi connectivity index (χ4n) is 1.71. The molecule has 1 heterocycles. The van der Waals surface area contributed by atoms with Gasteiger partial charge in [0.2, 0.25) is 0 Å². The average Bonchev–Trinajstić information content (AvgIpc) is 2.31. The fourth-order valence-corrected chi connectivity index (χ4v) is 1.71. The molecule has 1 N–H and O–H groups in total. The molecular weight excluding hydrogens is 198 g/mol. The summed E-state index contributed by atoms with van der Waals surface area (Å²) in [6.07, 6.45) is 1.87. The van der Waals surface area contributed by atoms with E-state index in [2.05, 4.69) is 18.0 Å². The number of aliphatic hydroxyl groups excluding tert-OH is 1. The fraction of sp³-hybridized carbons (Fsp3) is 0.214. The van der Waals surface area contributed by atoms with Crippen LogP contribution >= 0.6 is 0 Å². The molecule has 0 saturated carbocycles. The summed E-state index contributed by atoms with van der Waals surface area (Å²) in [6, 6.07) is 10.1. The molecule has 1 aromatic heterocycles. The van der Waals surface area contributed by atoms with Crippen LogP contribution in [0.5, 0.6) is 0 Å². The van der Waals surface area contributed by atoms with Crippen molar-refractivity contribution < 1.29 is 5.11 Å². The normalized spacial score (nSPS) is 10.4. The van der Waals surface area contributed by atoms with Crippen molar-refractivity contribution in [3.63, 3.8) is 0 Å². The summed E-state index contributed by atoms with van der Waals surface area (Å²) in [5.74, 6) is 0. The smallest absolute Gasteiger partial charge is 0.0682 e. The Morgan fingerprint density at radius 2 is 1.94 bits per heavy atom. The van der Waals surface area contributed by atoms with E-state index in [-0.39, 0.29) is 6.61 Å². The molecule has 0 aliphatic carbocycles. The maximum Gasteiger partial charge on any atom is 0.0682 e. The molecule has 0 fully saturated rings. The molecule has 2 rings (SSSR count). The molecule has 0 atom stereocenters. The number of aliphatic hydroxyl groups is 1. The number of pyridine rings is 1. The zero-order chi connectivity index (χ0) is 11.5. The van der Waals surface area contributed by atoms with Gasteiger partial charge in [-0.1, -0.05) is 18.2 Å². The van der Waals surface area contributed by atoms with Crippen molar-refractivity contribution in [1.82, 2.24) is 4.98 Å². The van der Waals surface area contributed by atoms with E-state index in [4.69, 9.17) is 5.11 Å². The molecule has 2 aromatic rings. The van der Waals surface area contributed by atoms with Crippen molar-refractivity contribution in [1.29, 1.82) is 0 Å². The van der Waals surface area contributed by atoms with E-state index in [1.807, 2.05) is 37.4 Å². The molecule has 0 amide bonds. The molecule has 0 aliphatic heterocycles. The molecule has 0 saturated heterocycles. The molecular formula is C14H15NO. The van der Waals surface area contributed by atoms with Gasteiger partial charge in [0, 0.05) is 17.5 Å². The molecule has 0 unspecified atom stereocenters. The topological polar surface area (TPSA) is 33.1 Å². The molecule has 0 bridgehead atoms. The minimum absolute atomic E-state index is 0.0760. The van der Waals surface area contributed by atoms with E-state index in [1.165, 1.54) is 5.56 Å². The molecule has 0 radical (unpaired) electrons. The van der Waals surface area contributed by atoms with E-state index >= 15 is 0 Å². The van der Waals surface area contributed by atoms with Gasteiger partial charge in [0.05, 0.1) is 6.61 Å². The van der Waals surface area contributed by atoms with Crippen molar-refractivity contribution in [2.24, 2.45) is 0 Å². The molecule has 2 heteroatoms. The van der Waals surface area contributed by atoms with E-state index in [0.717, 1.165) is 22.4 Å². The van der Waals surface area contributed by atoms with Gasteiger partial charge < -0.3 is 5.11 Å². The highest BCUT2D eigenvalue weighted by atomic mass is 16.3. The van der Waals surface area contributed by atoms with Gasteiger partial charge in [-0.05, 0) is 42.7 Å². The van der Waals surface area contributed by atoms with Crippen LogP contribution in [0.1, 0.15) is 16.8 Å². The van der Waals surface area contributed by atoms with Crippen LogP contribution in [0.3, 0.4) is 0 Å². The van der Waals surface area contributed by atoms with Gasteiger partial charge in [-0.2, -0.15) is 0 Å². The number of hydrogen-bond donors (Lipinski definition) is 1. The number of rotatable bonds is 2. The minimum Gasteiger partial charge on any atom is -0.392 e. The summed E-state index contributed by atoms with van der Waals surface area (Å²) < 4.78 is 0. The summed E-state index contributed by atoms with van der Waals surface area (Å²) in [4.78, 5) is 4.29. The van der Waals surface area contributed by atoms with Gasteiger partial charge >= 0.3 is 0 Å². The first-order valence-electron chi connectivity index (χ1n) is 5.34. The summed E-state index contributed by atoms with van der Waals surface area (Å²) in [7, 11) is 0. The SMILES string of the molecule is Cc1ccc(-c2cc(CO)ccc2C)cn1. The highest BCUT2D eigenvalue weighted by molar-refractivity contribution is 5.67. The number of hydrogen-bond acceptors (Lipinski definition) is 2. The van der Waals surface area contributed by atoms with E-state index < -0.39 is 0 Å². The number of benzene rings is 1. The van der Waals surface area contributed by atoms with Crippen LogP contribution in [0.2, 0.25) is 0 Å². The number of aromatic nitrogens is 1. The van der Waals surface area contributed by atoms with Gasteiger partial charge in [0.25, 0.3) is 0 Å². The van der Waals surface area contributed by atoms with Gasteiger partial charge in [-0.15, -0.1) is 0 Å². The third-order valence-corrected chi connectivity index (χ3v) is 2.71. The second-order valence-corrected chi connectivity index (χ2v) is 4.00. The lowest BCUT2D eigenvalue weighted by Crippen LogP contribution is -1.89. The van der Waals surface area contributed by atoms with Crippen LogP contribution in [-0.2, 0) is 6.61 Å². The third kappa shape index (κ3) is 2.12. The second-order valence-electron chi connectivity index (χ2n) is 4.00. The Bertz CT molecular complexity index is 489. The summed E-state index contributed by atoms with van der Waals surface area (Å²) in [5.41, 5.74) is 5.38. The highest BCUT2D eigenvalue weighted by Gasteiger charge is 2.03. The first-order chi connectivity index (χ1) is 7.70. The third-order valence-electron chi connectivity index (χ3n) is 2.71. The highest BCUT2D eigenvalue weighted by Crippen LogP contribution is 2.24. The van der Waals surface area contributed by atoms with Crippen LogP contribution < -0.4 is 0 Å².